The molecule has 1 aromatic rings. The standard InChI is InChI=1S/C12H19F3N4O/c1-7(2)9(3-4-20)17-10-5-8(12(13,14)15)6-11(18-10)19-16/h5-7,9,20H,3-4,16H2,1-2H3,(H2,17,18,19). The van der Waals surface area contributed by atoms with Gasteiger partial charge in [0.15, 0.2) is 0 Å². The molecule has 5 N–H and O–H groups in total. The highest BCUT2D eigenvalue weighted by molar-refractivity contribution is 5.49. The first-order valence-electron chi connectivity index (χ1n) is 6.21. The molecule has 5 nitrogen and oxygen atoms in total. The molecule has 0 aliphatic heterocycles. The molecular weight excluding hydrogens is 273 g/mol. The first-order chi connectivity index (χ1) is 9.27. The van der Waals surface area contributed by atoms with Crippen LogP contribution in [0.3, 0.4) is 0 Å². The molecule has 1 heterocycles. The van der Waals surface area contributed by atoms with Crippen LogP contribution in [0.2, 0.25) is 0 Å². The monoisotopic (exact) mass is 292 g/mol. The molecule has 0 bridgehead atoms. The van der Waals surface area contributed by atoms with E-state index in [1.165, 1.54) is 0 Å². The maximum absolute atomic E-state index is 12.8. The van der Waals surface area contributed by atoms with Gasteiger partial charge in [0.1, 0.15) is 11.6 Å². The number of hydrazine groups is 1. The number of hydrogen-bond donors (Lipinski definition) is 4. The largest absolute Gasteiger partial charge is 0.416 e. The Morgan fingerprint density at radius 2 is 1.90 bits per heavy atom. The minimum absolute atomic E-state index is 0.0587. The molecule has 1 rings (SSSR count). The van der Waals surface area contributed by atoms with Crippen LogP contribution in [0.5, 0.6) is 0 Å². The first kappa shape index (κ1) is 16.5. The average molecular weight is 292 g/mol. The second kappa shape index (κ2) is 6.76. The molecule has 0 saturated heterocycles. The van der Waals surface area contributed by atoms with Gasteiger partial charge in [-0.3, -0.25) is 0 Å². The number of nitrogen functional groups attached to an aromatic ring is 1. The smallest absolute Gasteiger partial charge is 0.396 e. The fourth-order valence-corrected chi connectivity index (χ4v) is 1.74. The number of pyridine rings is 1. The maximum Gasteiger partial charge on any atom is 0.416 e. The molecule has 0 spiro atoms. The molecule has 1 unspecified atom stereocenters. The van der Waals surface area contributed by atoms with Gasteiger partial charge in [-0.1, -0.05) is 13.8 Å². The van der Waals surface area contributed by atoms with Gasteiger partial charge in [-0.2, -0.15) is 13.2 Å². The van der Waals surface area contributed by atoms with Gasteiger partial charge in [0.05, 0.1) is 5.56 Å². The summed E-state index contributed by atoms with van der Waals surface area (Å²) in [4.78, 5) is 3.94. The number of nitrogens with zero attached hydrogens (tertiary/aromatic N) is 1. The van der Waals surface area contributed by atoms with Gasteiger partial charge in [0, 0.05) is 12.6 Å². The molecule has 114 valence electrons. The van der Waals surface area contributed by atoms with Crippen molar-refractivity contribution in [3.8, 4) is 0 Å². The van der Waals surface area contributed by atoms with E-state index in [2.05, 4.69) is 15.7 Å². The Balaban J connectivity index is 3.04. The van der Waals surface area contributed by atoms with E-state index in [-0.39, 0.29) is 30.2 Å². The quantitative estimate of drug-likeness (QED) is 0.477. The van der Waals surface area contributed by atoms with Gasteiger partial charge in [0.25, 0.3) is 0 Å². The third-order valence-electron chi connectivity index (χ3n) is 2.88. The van der Waals surface area contributed by atoms with Gasteiger partial charge >= 0.3 is 6.18 Å². The van der Waals surface area contributed by atoms with Crippen molar-refractivity contribution in [1.82, 2.24) is 4.98 Å². The predicted octanol–water partition coefficient (Wildman–Crippen LogP) is 2.20. The lowest BCUT2D eigenvalue weighted by atomic mass is 10.0. The third kappa shape index (κ3) is 4.53. The van der Waals surface area contributed by atoms with Gasteiger partial charge in [-0.15, -0.1) is 0 Å². The summed E-state index contributed by atoms with van der Waals surface area (Å²) in [6.45, 7) is 3.75. The predicted molar refractivity (Wildman–Crippen MR) is 71.0 cm³/mol. The highest BCUT2D eigenvalue weighted by Crippen LogP contribution is 2.32. The second-order valence-corrected chi connectivity index (χ2v) is 4.78. The topological polar surface area (TPSA) is 83.2 Å². The average Bonchev–Trinajstić information content (AvgIpc) is 2.36. The summed E-state index contributed by atoms with van der Waals surface area (Å²) >= 11 is 0. The highest BCUT2D eigenvalue weighted by atomic mass is 19.4. The van der Waals surface area contributed by atoms with Gasteiger partial charge in [-0.05, 0) is 24.5 Å². The van der Waals surface area contributed by atoms with Crippen LogP contribution in [0.4, 0.5) is 24.8 Å². The molecule has 0 saturated carbocycles. The molecule has 0 aliphatic rings. The van der Waals surface area contributed by atoms with Gasteiger partial charge in [0.2, 0.25) is 0 Å². The maximum atomic E-state index is 12.8. The van der Waals surface area contributed by atoms with Crippen LogP contribution in [-0.2, 0) is 6.18 Å². The molecule has 1 aromatic heterocycles. The van der Waals surface area contributed by atoms with Crippen molar-refractivity contribution < 1.29 is 18.3 Å². The van der Waals surface area contributed by atoms with Crippen molar-refractivity contribution in [2.75, 3.05) is 17.3 Å². The Morgan fingerprint density at radius 1 is 1.30 bits per heavy atom. The number of alkyl halides is 3. The van der Waals surface area contributed by atoms with Crippen molar-refractivity contribution in [2.45, 2.75) is 32.5 Å². The van der Waals surface area contributed by atoms with Crippen molar-refractivity contribution >= 4 is 11.6 Å². The normalized spacial score (nSPS) is 13.4. The molecule has 0 radical (unpaired) electrons. The van der Waals surface area contributed by atoms with E-state index in [1.54, 1.807) is 0 Å². The van der Waals surface area contributed by atoms with E-state index in [4.69, 9.17) is 10.9 Å². The Labute approximate surface area is 115 Å². The molecular formula is C12H19F3N4O. The van der Waals surface area contributed by atoms with E-state index < -0.39 is 11.7 Å². The van der Waals surface area contributed by atoms with Crippen LogP contribution in [0, 0.1) is 5.92 Å². The lowest BCUT2D eigenvalue weighted by molar-refractivity contribution is -0.137. The third-order valence-corrected chi connectivity index (χ3v) is 2.88. The molecule has 0 aromatic carbocycles. The zero-order valence-electron chi connectivity index (χ0n) is 11.3. The number of rotatable bonds is 6. The Bertz CT molecular complexity index is 437. The number of hydrogen-bond acceptors (Lipinski definition) is 5. The summed E-state index contributed by atoms with van der Waals surface area (Å²) in [5.41, 5.74) is 1.28. The van der Waals surface area contributed by atoms with Gasteiger partial charge < -0.3 is 15.8 Å². The van der Waals surface area contributed by atoms with Gasteiger partial charge in [-0.25, -0.2) is 10.8 Å². The molecule has 1 atom stereocenters. The summed E-state index contributed by atoms with van der Waals surface area (Å²) in [5.74, 6) is 5.26. The van der Waals surface area contributed by atoms with Crippen molar-refractivity contribution in [3.63, 3.8) is 0 Å². The van der Waals surface area contributed by atoms with Crippen LogP contribution >= 0.6 is 0 Å². The van der Waals surface area contributed by atoms with Crippen molar-refractivity contribution in [3.05, 3.63) is 17.7 Å². The molecule has 20 heavy (non-hydrogen) atoms. The number of aromatic nitrogens is 1. The Kier molecular flexibility index (Phi) is 5.58. The SMILES string of the molecule is CC(C)C(CCO)Nc1cc(C(F)(F)F)cc(NN)n1. The minimum atomic E-state index is -4.48. The number of nitrogens with two attached hydrogens (primary N) is 1. The second-order valence-electron chi connectivity index (χ2n) is 4.78. The Hall–Kier alpha value is -1.54. The lowest BCUT2D eigenvalue weighted by Crippen LogP contribution is -2.27. The number of aliphatic hydroxyl groups is 1. The molecule has 0 amide bonds. The number of aliphatic hydroxyl groups excluding tert-OH is 1. The van der Waals surface area contributed by atoms with Crippen LogP contribution in [0.15, 0.2) is 12.1 Å². The Morgan fingerprint density at radius 3 is 2.35 bits per heavy atom. The van der Waals surface area contributed by atoms with Crippen molar-refractivity contribution in [1.29, 1.82) is 0 Å². The molecule has 0 aliphatic carbocycles. The van der Waals surface area contributed by atoms with E-state index >= 15 is 0 Å². The van der Waals surface area contributed by atoms with Crippen LogP contribution in [0.1, 0.15) is 25.8 Å². The highest BCUT2D eigenvalue weighted by Gasteiger charge is 2.32. The lowest BCUT2D eigenvalue weighted by Gasteiger charge is -2.23. The van der Waals surface area contributed by atoms with Crippen molar-refractivity contribution in [2.24, 2.45) is 11.8 Å². The van der Waals surface area contributed by atoms with E-state index in [0.29, 0.717) is 6.42 Å². The molecule has 0 fully saturated rings. The number of anilines is 2. The van der Waals surface area contributed by atoms with E-state index in [1.807, 2.05) is 13.8 Å². The summed E-state index contributed by atoms with van der Waals surface area (Å²) in [5, 5.41) is 11.9. The minimum Gasteiger partial charge on any atom is -0.396 e. The zero-order chi connectivity index (χ0) is 15.3. The van der Waals surface area contributed by atoms with E-state index in [9.17, 15) is 13.2 Å². The summed E-state index contributed by atoms with van der Waals surface area (Å²) in [6.07, 6.45) is -4.06. The van der Waals surface area contributed by atoms with Crippen LogP contribution in [-0.4, -0.2) is 22.7 Å². The first-order valence-corrected chi connectivity index (χ1v) is 6.21. The summed E-state index contributed by atoms with van der Waals surface area (Å²) in [7, 11) is 0. The molecule has 8 heteroatoms. The van der Waals surface area contributed by atoms with E-state index in [0.717, 1.165) is 12.1 Å². The fraction of sp³-hybridized carbons (Fsp3) is 0.583. The van der Waals surface area contributed by atoms with Crippen LogP contribution in [0.25, 0.3) is 0 Å². The summed E-state index contributed by atoms with van der Waals surface area (Å²) < 4.78 is 38.3. The number of nitrogens with one attached hydrogen (secondary N) is 2. The van der Waals surface area contributed by atoms with Crippen LogP contribution < -0.4 is 16.6 Å². The zero-order valence-corrected chi connectivity index (χ0v) is 11.3. The fourth-order valence-electron chi connectivity index (χ4n) is 1.74. The number of halogens is 3. The summed E-state index contributed by atoms with van der Waals surface area (Å²) in [6, 6.07) is 1.58.